The second kappa shape index (κ2) is 6.87. The maximum Gasteiger partial charge on any atom is 0.243 e. The molecule has 0 spiro atoms. The smallest absolute Gasteiger partial charge is 0.243 e. The van der Waals surface area contributed by atoms with Crippen molar-refractivity contribution in [2.45, 2.75) is 38.1 Å². The van der Waals surface area contributed by atoms with Crippen LogP contribution in [0.1, 0.15) is 32.3 Å². The average Bonchev–Trinajstić information content (AvgIpc) is 2.39. The highest BCUT2D eigenvalue weighted by atomic mass is 32.2. The van der Waals surface area contributed by atoms with E-state index in [0.717, 1.165) is 18.4 Å². The molecular weight excluding hydrogens is 248 g/mol. The van der Waals surface area contributed by atoms with Crippen LogP contribution in [0.2, 0.25) is 0 Å². The SMILES string of the molecule is CCCCN(CC)S(=O)(=O)c1ccc(CN)cc1. The molecule has 0 aromatic heterocycles. The summed E-state index contributed by atoms with van der Waals surface area (Å²) in [4.78, 5) is 0.345. The molecule has 1 aromatic rings. The summed E-state index contributed by atoms with van der Waals surface area (Å²) in [6, 6.07) is 6.79. The lowest BCUT2D eigenvalue weighted by atomic mass is 10.2. The molecule has 4 nitrogen and oxygen atoms in total. The fraction of sp³-hybridized carbons (Fsp3) is 0.538. The number of unbranched alkanes of at least 4 members (excludes halogenated alkanes) is 1. The standard InChI is InChI=1S/C13H22N2O2S/c1-3-5-10-15(4-2)18(16,17)13-8-6-12(11-14)7-9-13/h6-9H,3-5,10-11,14H2,1-2H3. The van der Waals surface area contributed by atoms with Crippen LogP contribution in [0.15, 0.2) is 29.2 Å². The second-order valence-corrected chi connectivity index (χ2v) is 6.14. The van der Waals surface area contributed by atoms with Crippen LogP contribution in [-0.2, 0) is 16.6 Å². The number of nitrogens with two attached hydrogens (primary N) is 1. The summed E-state index contributed by atoms with van der Waals surface area (Å²) in [5, 5.41) is 0. The molecule has 2 N–H and O–H groups in total. The van der Waals surface area contributed by atoms with E-state index < -0.39 is 10.0 Å². The minimum Gasteiger partial charge on any atom is -0.326 e. The van der Waals surface area contributed by atoms with Gasteiger partial charge in [-0.2, -0.15) is 4.31 Å². The van der Waals surface area contributed by atoms with Gasteiger partial charge in [0.1, 0.15) is 0 Å². The van der Waals surface area contributed by atoms with Crippen molar-refractivity contribution in [1.29, 1.82) is 0 Å². The summed E-state index contributed by atoms with van der Waals surface area (Å²) in [7, 11) is -3.36. The fourth-order valence-electron chi connectivity index (χ4n) is 1.73. The Hall–Kier alpha value is -0.910. The Morgan fingerprint density at radius 2 is 1.78 bits per heavy atom. The first-order valence-electron chi connectivity index (χ1n) is 6.35. The van der Waals surface area contributed by atoms with E-state index in [2.05, 4.69) is 6.92 Å². The highest BCUT2D eigenvalue weighted by Crippen LogP contribution is 2.16. The van der Waals surface area contributed by atoms with E-state index in [1.54, 1.807) is 24.3 Å². The monoisotopic (exact) mass is 270 g/mol. The quantitative estimate of drug-likeness (QED) is 0.823. The first kappa shape index (κ1) is 15.1. The van der Waals surface area contributed by atoms with Crippen LogP contribution >= 0.6 is 0 Å². The predicted octanol–water partition coefficient (Wildman–Crippen LogP) is 1.96. The Morgan fingerprint density at radius 1 is 1.17 bits per heavy atom. The maximum atomic E-state index is 12.4. The number of nitrogens with zero attached hydrogens (tertiary/aromatic N) is 1. The molecule has 0 radical (unpaired) electrons. The van der Waals surface area contributed by atoms with Gasteiger partial charge in [-0.25, -0.2) is 8.42 Å². The van der Waals surface area contributed by atoms with Crippen molar-refractivity contribution in [3.8, 4) is 0 Å². The molecule has 0 aliphatic heterocycles. The molecule has 0 saturated carbocycles. The molecule has 0 heterocycles. The van der Waals surface area contributed by atoms with Gasteiger partial charge in [0.2, 0.25) is 10.0 Å². The van der Waals surface area contributed by atoms with E-state index in [-0.39, 0.29) is 0 Å². The van der Waals surface area contributed by atoms with Crippen LogP contribution in [0, 0.1) is 0 Å². The number of hydrogen-bond acceptors (Lipinski definition) is 3. The van der Waals surface area contributed by atoms with Crippen molar-refractivity contribution in [2.24, 2.45) is 5.73 Å². The number of sulfonamides is 1. The molecule has 102 valence electrons. The van der Waals surface area contributed by atoms with Crippen LogP contribution in [-0.4, -0.2) is 25.8 Å². The van der Waals surface area contributed by atoms with Crippen molar-refractivity contribution < 1.29 is 8.42 Å². The molecule has 1 rings (SSSR count). The third kappa shape index (κ3) is 3.54. The van der Waals surface area contributed by atoms with E-state index in [1.165, 1.54) is 4.31 Å². The van der Waals surface area contributed by atoms with Crippen LogP contribution in [0.3, 0.4) is 0 Å². The predicted molar refractivity (Wildman–Crippen MR) is 73.7 cm³/mol. The summed E-state index contributed by atoms with van der Waals surface area (Å²) in [5.74, 6) is 0. The van der Waals surface area contributed by atoms with Gasteiger partial charge in [-0.05, 0) is 24.1 Å². The van der Waals surface area contributed by atoms with Gasteiger partial charge in [-0.3, -0.25) is 0 Å². The summed E-state index contributed by atoms with van der Waals surface area (Å²) in [5.41, 5.74) is 6.44. The average molecular weight is 270 g/mol. The van der Waals surface area contributed by atoms with Gasteiger partial charge in [0.05, 0.1) is 4.90 Å². The lowest BCUT2D eigenvalue weighted by Gasteiger charge is -2.20. The van der Waals surface area contributed by atoms with Crippen molar-refractivity contribution in [3.05, 3.63) is 29.8 Å². The third-order valence-electron chi connectivity index (χ3n) is 2.91. The van der Waals surface area contributed by atoms with Gasteiger partial charge in [0.15, 0.2) is 0 Å². The second-order valence-electron chi connectivity index (χ2n) is 4.20. The first-order chi connectivity index (χ1) is 8.56. The summed E-state index contributed by atoms with van der Waals surface area (Å²) < 4.78 is 26.2. The Bertz CT molecular complexity index is 454. The van der Waals surface area contributed by atoms with Gasteiger partial charge < -0.3 is 5.73 Å². The van der Waals surface area contributed by atoms with Gasteiger partial charge >= 0.3 is 0 Å². The lowest BCUT2D eigenvalue weighted by molar-refractivity contribution is 0.419. The zero-order valence-electron chi connectivity index (χ0n) is 11.1. The molecule has 0 aliphatic rings. The van der Waals surface area contributed by atoms with Gasteiger partial charge in [0.25, 0.3) is 0 Å². The Kier molecular flexibility index (Phi) is 5.78. The van der Waals surface area contributed by atoms with E-state index in [4.69, 9.17) is 5.73 Å². The van der Waals surface area contributed by atoms with Crippen molar-refractivity contribution in [2.75, 3.05) is 13.1 Å². The van der Waals surface area contributed by atoms with Crippen molar-refractivity contribution in [1.82, 2.24) is 4.31 Å². The highest BCUT2D eigenvalue weighted by Gasteiger charge is 2.21. The largest absolute Gasteiger partial charge is 0.326 e. The number of hydrogen-bond donors (Lipinski definition) is 1. The number of benzene rings is 1. The van der Waals surface area contributed by atoms with E-state index in [9.17, 15) is 8.42 Å². The minimum absolute atomic E-state index is 0.345. The van der Waals surface area contributed by atoms with Crippen LogP contribution in [0.5, 0.6) is 0 Å². The molecule has 1 aromatic carbocycles. The van der Waals surface area contributed by atoms with E-state index in [1.807, 2.05) is 6.92 Å². The van der Waals surface area contributed by atoms with Crippen molar-refractivity contribution >= 4 is 10.0 Å². The van der Waals surface area contributed by atoms with Crippen molar-refractivity contribution in [3.63, 3.8) is 0 Å². The molecule has 0 bridgehead atoms. The van der Waals surface area contributed by atoms with Gasteiger partial charge in [-0.15, -0.1) is 0 Å². The summed E-state index contributed by atoms with van der Waals surface area (Å²) in [6.07, 6.45) is 1.87. The summed E-state index contributed by atoms with van der Waals surface area (Å²) in [6.45, 7) is 5.42. The molecule has 18 heavy (non-hydrogen) atoms. The Balaban J connectivity index is 2.95. The van der Waals surface area contributed by atoms with E-state index >= 15 is 0 Å². The normalized spacial score (nSPS) is 12.0. The van der Waals surface area contributed by atoms with Crippen LogP contribution in [0.25, 0.3) is 0 Å². The molecule has 0 unspecified atom stereocenters. The zero-order valence-corrected chi connectivity index (χ0v) is 11.9. The van der Waals surface area contributed by atoms with Crippen LogP contribution < -0.4 is 5.73 Å². The molecule has 0 saturated heterocycles. The highest BCUT2D eigenvalue weighted by molar-refractivity contribution is 7.89. The molecule has 0 amide bonds. The topological polar surface area (TPSA) is 63.4 Å². The maximum absolute atomic E-state index is 12.4. The molecular formula is C13H22N2O2S. The van der Waals surface area contributed by atoms with E-state index in [0.29, 0.717) is 24.5 Å². The molecule has 0 aliphatic carbocycles. The van der Waals surface area contributed by atoms with Crippen LogP contribution in [0.4, 0.5) is 0 Å². The Labute approximate surface area is 110 Å². The fourth-order valence-corrected chi connectivity index (χ4v) is 3.22. The minimum atomic E-state index is -3.36. The first-order valence-corrected chi connectivity index (χ1v) is 7.79. The summed E-state index contributed by atoms with van der Waals surface area (Å²) >= 11 is 0. The zero-order chi connectivity index (χ0) is 13.6. The molecule has 5 heteroatoms. The lowest BCUT2D eigenvalue weighted by Crippen LogP contribution is -2.31. The Morgan fingerprint density at radius 3 is 2.22 bits per heavy atom. The van der Waals surface area contributed by atoms with Gasteiger partial charge in [0, 0.05) is 19.6 Å². The third-order valence-corrected chi connectivity index (χ3v) is 4.90. The molecule has 0 atom stereocenters. The number of rotatable bonds is 7. The molecule has 0 fully saturated rings. The van der Waals surface area contributed by atoms with Gasteiger partial charge in [-0.1, -0.05) is 32.4 Å².